The quantitative estimate of drug-likeness (QED) is 0.758. The van der Waals surface area contributed by atoms with Gasteiger partial charge in [0.15, 0.2) is 15.7 Å². The molecule has 0 saturated carbocycles. The molecule has 0 spiro atoms. The Hall–Kier alpha value is -2.72. The van der Waals surface area contributed by atoms with Gasteiger partial charge in [0.05, 0.1) is 30.7 Å². The van der Waals surface area contributed by atoms with Crippen molar-refractivity contribution in [3.05, 3.63) is 36.0 Å². The summed E-state index contributed by atoms with van der Waals surface area (Å²) in [6.45, 7) is 3.88. The van der Waals surface area contributed by atoms with E-state index in [1.807, 2.05) is 6.92 Å². The lowest BCUT2D eigenvalue weighted by atomic mass is 10.2. The van der Waals surface area contributed by atoms with Gasteiger partial charge in [-0.3, -0.25) is 0 Å². The molecule has 10 heteroatoms. The van der Waals surface area contributed by atoms with Crippen LogP contribution >= 0.6 is 0 Å². The van der Waals surface area contributed by atoms with Gasteiger partial charge in [-0.15, -0.1) is 0 Å². The molecule has 2 amide bonds. The maximum absolute atomic E-state index is 11.8. The number of hydrogen-bond acceptors (Lipinski definition) is 7. The number of hydrogen-bond donors (Lipinski definition) is 2. The molecule has 2 N–H and O–H groups in total. The number of rotatable bonds is 5. The lowest BCUT2D eigenvalue weighted by Crippen LogP contribution is -2.44. The third-order valence-electron chi connectivity index (χ3n) is 4.47. The summed E-state index contributed by atoms with van der Waals surface area (Å²) < 4.78 is 29.2. The van der Waals surface area contributed by atoms with Gasteiger partial charge < -0.3 is 20.3 Å². The van der Waals surface area contributed by atoms with Gasteiger partial charge >= 0.3 is 6.03 Å². The Labute approximate surface area is 170 Å². The number of benzene rings is 1. The van der Waals surface area contributed by atoms with E-state index in [1.54, 1.807) is 37.4 Å². The van der Waals surface area contributed by atoms with Crippen LogP contribution in [0.2, 0.25) is 0 Å². The number of carbonyl (C=O) groups is 1. The van der Waals surface area contributed by atoms with Gasteiger partial charge in [0.1, 0.15) is 5.82 Å². The number of morpholine rings is 1. The summed E-state index contributed by atoms with van der Waals surface area (Å²) in [7, 11) is -1.71. The second-order valence-electron chi connectivity index (χ2n) is 7.01. The number of sulfone groups is 1. The zero-order valence-electron chi connectivity index (χ0n) is 16.7. The highest BCUT2D eigenvalue weighted by Crippen LogP contribution is 2.25. The SMILES string of the molecule is CNC(=O)Nc1ccc(-c2nc(CS(C)(=O)=O)cc(N3CCOC[C@@H]3C)n2)cc1. The Morgan fingerprint density at radius 3 is 2.62 bits per heavy atom. The number of amides is 2. The summed E-state index contributed by atoms with van der Waals surface area (Å²) in [5.74, 6) is 0.952. The van der Waals surface area contributed by atoms with Crippen LogP contribution in [0.4, 0.5) is 16.3 Å². The van der Waals surface area contributed by atoms with Crippen molar-refractivity contribution in [2.75, 3.05) is 43.3 Å². The largest absolute Gasteiger partial charge is 0.377 e. The van der Waals surface area contributed by atoms with E-state index in [9.17, 15) is 13.2 Å². The first-order chi connectivity index (χ1) is 13.7. The molecule has 2 heterocycles. The number of aromatic nitrogens is 2. The lowest BCUT2D eigenvalue weighted by Gasteiger charge is -2.34. The van der Waals surface area contributed by atoms with Crippen LogP contribution in [-0.2, 0) is 20.3 Å². The van der Waals surface area contributed by atoms with Crippen molar-refractivity contribution in [3.63, 3.8) is 0 Å². The highest BCUT2D eigenvalue weighted by atomic mass is 32.2. The summed E-state index contributed by atoms with van der Waals surface area (Å²) >= 11 is 0. The average Bonchev–Trinajstić information content (AvgIpc) is 2.67. The van der Waals surface area contributed by atoms with Crippen molar-refractivity contribution >= 4 is 27.4 Å². The summed E-state index contributed by atoms with van der Waals surface area (Å²) in [6, 6.07) is 8.61. The topological polar surface area (TPSA) is 114 Å². The molecular weight excluding hydrogens is 394 g/mol. The van der Waals surface area contributed by atoms with Crippen LogP contribution in [0.15, 0.2) is 30.3 Å². The molecule has 29 heavy (non-hydrogen) atoms. The molecule has 156 valence electrons. The van der Waals surface area contributed by atoms with Crippen molar-refractivity contribution in [1.29, 1.82) is 0 Å². The first-order valence-corrected chi connectivity index (χ1v) is 11.3. The standard InChI is InChI=1S/C19H25N5O4S/c1-13-11-28-9-8-24(13)17-10-16(12-29(3,26)27)21-18(23-17)14-4-6-15(7-5-14)22-19(25)20-2/h4-7,10,13H,8-9,11-12H2,1-3H3,(H2,20,22,25)/t13-/m0/s1. The normalized spacial score (nSPS) is 17.1. The average molecular weight is 420 g/mol. The molecular formula is C19H25N5O4S. The van der Waals surface area contributed by atoms with Crippen LogP contribution in [0.1, 0.15) is 12.6 Å². The highest BCUT2D eigenvalue weighted by Gasteiger charge is 2.22. The fourth-order valence-corrected chi connectivity index (χ4v) is 3.75. The molecule has 2 aromatic rings. The van der Waals surface area contributed by atoms with E-state index in [2.05, 4.69) is 25.5 Å². The van der Waals surface area contributed by atoms with Gasteiger partial charge in [-0.25, -0.2) is 23.2 Å². The van der Waals surface area contributed by atoms with E-state index >= 15 is 0 Å². The van der Waals surface area contributed by atoms with Crippen molar-refractivity contribution < 1.29 is 17.9 Å². The molecule has 1 fully saturated rings. The monoisotopic (exact) mass is 419 g/mol. The molecule has 1 aliphatic rings. The Kier molecular flexibility index (Phi) is 6.33. The molecule has 0 bridgehead atoms. The summed E-state index contributed by atoms with van der Waals surface area (Å²) in [5.41, 5.74) is 1.80. The van der Waals surface area contributed by atoms with Crippen LogP contribution in [-0.4, -0.2) is 63.5 Å². The second-order valence-corrected chi connectivity index (χ2v) is 9.15. The number of urea groups is 1. The van der Waals surface area contributed by atoms with Crippen molar-refractivity contribution in [2.45, 2.75) is 18.7 Å². The van der Waals surface area contributed by atoms with E-state index < -0.39 is 9.84 Å². The van der Waals surface area contributed by atoms with E-state index in [0.717, 1.165) is 5.56 Å². The minimum Gasteiger partial charge on any atom is -0.377 e. The Bertz CT molecular complexity index is 979. The second kappa shape index (κ2) is 8.75. The summed E-state index contributed by atoms with van der Waals surface area (Å²) in [6.07, 6.45) is 1.19. The molecule has 1 aliphatic heterocycles. The Balaban J connectivity index is 1.97. The van der Waals surface area contributed by atoms with Crippen LogP contribution in [0, 0.1) is 0 Å². The third-order valence-corrected chi connectivity index (χ3v) is 5.29. The molecule has 0 radical (unpaired) electrons. The van der Waals surface area contributed by atoms with Gasteiger partial charge in [0.2, 0.25) is 0 Å². The molecule has 1 saturated heterocycles. The van der Waals surface area contributed by atoms with Crippen LogP contribution in [0.3, 0.4) is 0 Å². The summed E-state index contributed by atoms with van der Waals surface area (Å²) in [4.78, 5) is 22.7. The molecule has 0 unspecified atom stereocenters. The number of carbonyl (C=O) groups excluding carboxylic acids is 1. The van der Waals surface area contributed by atoms with Gasteiger partial charge in [0, 0.05) is 37.2 Å². The minimum atomic E-state index is -3.25. The smallest absolute Gasteiger partial charge is 0.318 e. The van der Waals surface area contributed by atoms with Crippen molar-refractivity contribution in [2.24, 2.45) is 0 Å². The van der Waals surface area contributed by atoms with Crippen LogP contribution in [0.25, 0.3) is 11.4 Å². The fraction of sp³-hybridized carbons (Fsp3) is 0.421. The van der Waals surface area contributed by atoms with Gasteiger partial charge in [-0.2, -0.15) is 0 Å². The highest BCUT2D eigenvalue weighted by molar-refractivity contribution is 7.89. The number of anilines is 2. The van der Waals surface area contributed by atoms with Crippen molar-refractivity contribution in [3.8, 4) is 11.4 Å². The van der Waals surface area contributed by atoms with E-state index in [-0.39, 0.29) is 17.8 Å². The maximum atomic E-state index is 11.8. The molecule has 3 rings (SSSR count). The Morgan fingerprint density at radius 1 is 1.28 bits per heavy atom. The minimum absolute atomic E-state index is 0.122. The van der Waals surface area contributed by atoms with Gasteiger partial charge in [-0.05, 0) is 31.2 Å². The summed E-state index contributed by atoms with van der Waals surface area (Å²) in [5, 5.41) is 5.18. The zero-order valence-corrected chi connectivity index (χ0v) is 17.5. The number of nitrogens with zero attached hydrogens (tertiary/aromatic N) is 3. The predicted octanol–water partition coefficient (Wildman–Crippen LogP) is 1.66. The maximum Gasteiger partial charge on any atom is 0.318 e. The van der Waals surface area contributed by atoms with Crippen molar-refractivity contribution in [1.82, 2.24) is 15.3 Å². The van der Waals surface area contributed by atoms with Gasteiger partial charge in [0.25, 0.3) is 0 Å². The number of nitrogens with one attached hydrogen (secondary N) is 2. The van der Waals surface area contributed by atoms with E-state index in [1.165, 1.54) is 6.26 Å². The van der Waals surface area contributed by atoms with E-state index in [0.29, 0.717) is 42.8 Å². The molecule has 1 aromatic heterocycles. The third kappa shape index (κ3) is 5.64. The first-order valence-electron chi connectivity index (χ1n) is 9.24. The zero-order chi connectivity index (χ0) is 21.0. The first kappa shape index (κ1) is 21.0. The molecule has 0 aliphatic carbocycles. The molecule has 1 aromatic carbocycles. The van der Waals surface area contributed by atoms with Crippen LogP contribution in [0.5, 0.6) is 0 Å². The molecule has 1 atom stereocenters. The number of ether oxygens (including phenoxy) is 1. The lowest BCUT2D eigenvalue weighted by molar-refractivity contribution is 0.0985. The van der Waals surface area contributed by atoms with Crippen LogP contribution < -0.4 is 15.5 Å². The van der Waals surface area contributed by atoms with E-state index in [4.69, 9.17) is 4.74 Å². The predicted molar refractivity (Wildman–Crippen MR) is 112 cm³/mol. The Morgan fingerprint density at radius 2 is 2.00 bits per heavy atom. The van der Waals surface area contributed by atoms with Gasteiger partial charge in [-0.1, -0.05) is 0 Å². The fourth-order valence-electron chi connectivity index (χ4n) is 3.07. The molecule has 9 nitrogen and oxygen atoms in total.